The summed E-state index contributed by atoms with van der Waals surface area (Å²) in [6.07, 6.45) is 1.08. The van der Waals surface area contributed by atoms with Gasteiger partial charge in [-0.1, -0.05) is 56.3 Å². The lowest BCUT2D eigenvalue weighted by atomic mass is 9.78. The van der Waals surface area contributed by atoms with Gasteiger partial charge in [-0.2, -0.15) is 0 Å². The summed E-state index contributed by atoms with van der Waals surface area (Å²) in [5.74, 6) is 0. The maximum Gasteiger partial charge on any atom is 0.0465 e. The molecule has 0 heterocycles. The van der Waals surface area contributed by atoms with Crippen molar-refractivity contribution < 1.29 is 0 Å². The van der Waals surface area contributed by atoms with Crippen LogP contribution in [0.4, 0.5) is 17.1 Å². The van der Waals surface area contributed by atoms with Gasteiger partial charge < -0.3 is 4.90 Å². The molecule has 4 aromatic rings. The van der Waals surface area contributed by atoms with E-state index in [0.29, 0.717) is 0 Å². The zero-order chi connectivity index (χ0) is 23.3. The fraction of sp³-hybridized carbons (Fsp3) is 0.250. The number of rotatable bonds is 4. The fourth-order valence-corrected chi connectivity index (χ4v) is 5.26. The molecule has 0 amide bonds. The maximum atomic E-state index is 2.43. The van der Waals surface area contributed by atoms with E-state index in [2.05, 4.69) is 125 Å². The van der Waals surface area contributed by atoms with Crippen molar-refractivity contribution in [3.8, 4) is 11.1 Å². The van der Waals surface area contributed by atoms with Crippen LogP contribution in [0.3, 0.4) is 0 Å². The molecule has 166 valence electrons. The van der Waals surface area contributed by atoms with Crippen LogP contribution in [0.15, 0.2) is 78.9 Å². The average molecular weight is 432 g/mol. The van der Waals surface area contributed by atoms with E-state index in [1.807, 2.05) is 0 Å². The van der Waals surface area contributed by atoms with Gasteiger partial charge in [0.15, 0.2) is 0 Å². The average Bonchev–Trinajstić information content (AvgIpc) is 3.08. The van der Waals surface area contributed by atoms with Crippen LogP contribution in [-0.2, 0) is 5.41 Å². The summed E-state index contributed by atoms with van der Waals surface area (Å²) in [5, 5.41) is 0. The van der Waals surface area contributed by atoms with Gasteiger partial charge in [-0.15, -0.1) is 0 Å². The van der Waals surface area contributed by atoms with Gasteiger partial charge in [0.25, 0.3) is 0 Å². The SMILES string of the molecule is CCC1(C)c2ccccc2-c2ccc(N(c3ccc(C)c(C)c3)c3ccc(C)c(C)c3)cc21. The molecule has 0 radical (unpaired) electrons. The van der Waals surface area contributed by atoms with Crippen molar-refractivity contribution in [2.75, 3.05) is 4.90 Å². The second-order valence-corrected chi connectivity index (χ2v) is 9.83. The second kappa shape index (κ2) is 7.92. The van der Waals surface area contributed by atoms with Gasteiger partial charge in [-0.3, -0.25) is 0 Å². The van der Waals surface area contributed by atoms with Crippen LogP contribution in [0.2, 0.25) is 0 Å². The number of hydrogen-bond donors (Lipinski definition) is 0. The van der Waals surface area contributed by atoms with Gasteiger partial charge in [-0.25, -0.2) is 0 Å². The molecular formula is C32H33N. The van der Waals surface area contributed by atoms with Crippen LogP contribution in [0.1, 0.15) is 53.6 Å². The number of fused-ring (bicyclic) bond motifs is 3. The third kappa shape index (κ3) is 3.38. The van der Waals surface area contributed by atoms with E-state index in [0.717, 1.165) is 6.42 Å². The lowest BCUT2D eigenvalue weighted by Crippen LogP contribution is -2.20. The summed E-state index contributed by atoms with van der Waals surface area (Å²) in [5.41, 5.74) is 14.6. The van der Waals surface area contributed by atoms with Crippen LogP contribution in [0.5, 0.6) is 0 Å². The Balaban J connectivity index is 1.73. The number of anilines is 3. The zero-order valence-corrected chi connectivity index (χ0v) is 20.7. The first-order valence-electron chi connectivity index (χ1n) is 12.0. The Morgan fingerprint density at radius 3 is 1.67 bits per heavy atom. The first kappa shape index (κ1) is 21.5. The zero-order valence-electron chi connectivity index (χ0n) is 20.7. The first-order valence-corrected chi connectivity index (χ1v) is 12.0. The fourth-order valence-electron chi connectivity index (χ4n) is 5.26. The molecule has 0 fully saturated rings. The topological polar surface area (TPSA) is 3.24 Å². The Labute approximate surface area is 198 Å². The van der Waals surface area contributed by atoms with E-state index < -0.39 is 0 Å². The highest BCUT2D eigenvalue weighted by atomic mass is 15.1. The highest BCUT2D eigenvalue weighted by Gasteiger charge is 2.38. The van der Waals surface area contributed by atoms with Gasteiger partial charge in [0, 0.05) is 22.5 Å². The molecule has 1 nitrogen and oxygen atoms in total. The normalized spacial score (nSPS) is 16.4. The van der Waals surface area contributed by atoms with Crippen LogP contribution >= 0.6 is 0 Å². The molecule has 4 aromatic carbocycles. The summed E-state index contributed by atoms with van der Waals surface area (Å²) in [6.45, 7) is 13.5. The molecule has 33 heavy (non-hydrogen) atoms. The molecule has 1 unspecified atom stereocenters. The third-order valence-electron chi connectivity index (χ3n) is 7.87. The molecule has 0 aliphatic heterocycles. The van der Waals surface area contributed by atoms with E-state index in [1.165, 1.54) is 61.6 Å². The molecule has 1 heteroatoms. The van der Waals surface area contributed by atoms with Crippen LogP contribution in [-0.4, -0.2) is 0 Å². The molecule has 1 aliphatic rings. The van der Waals surface area contributed by atoms with E-state index in [9.17, 15) is 0 Å². The third-order valence-corrected chi connectivity index (χ3v) is 7.87. The molecule has 0 aromatic heterocycles. The van der Waals surface area contributed by atoms with Gasteiger partial charge >= 0.3 is 0 Å². The second-order valence-electron chi connectivity index (χ2n) is 9.83. The first-order chi connectivity index (χ1) is 15.8. The maximum absolute atomic E-state index is 2.43. The summed E-state index contributed by atoms with van der Waals surface area (Å²) in [6, 6.07) is 29.6. The van der Waals surface area contributed by atoms with Crippen molar-refractivity contribution in [2.45, 2.75) is 53.4 Å². The molecular weight excluding hydrogens is 398 g/mol. The predicted molar refractivity (Wildman–Crippen MR) is 142 cm³/mol. The Morgan fingerprint density at radius 2 is 1.09 bits per heavy atom. The summed E-state index contributed by atoms with van der Waals surface area (Å²) >= 11 is 0. The molecule has 0 spiro atoms. The smallest absolute Gasteiger partial charge is 0.0465 e. The van der Waals surface area contributed by atoms with E-state index in [1.54, 1.807) is 0 Å². The predicted octanol–water partition coefficient (Wildman–Crippen LogP) is 9.09. The van der Waals surface area contributed by atoms with Crippen molar-refractivity contribution in [1.82, 2.24) is 0 Å². The summed E-state index contributed by atoms with van der Waals surface area (Å²) < 4.78 is 0. The van der Waals surface area contributed by atoms with Crippen molar-refractivity contribution >= 4 is 17.1 Å². The highest BCUT2D eigenvalue weighted by molar-refractivity contribution is 5.85. The summed E-state index contributed by atoms with van der Waals surface area (Å²) in [7, 11) is 0. The Hall–Kier alpha value is -3.32. The number of hydrogen-bond acceptors (Lipinski definition) is 1. The van der Waals surface area contributed by atoms with Gasteiger partial charge in [0.05, 0.1) is 0 Å². The van der Waals surface area contributed by atoms with E-state index in [-0.39, 0.29) is 5.41 Å². The minimum atomic E-state index is 0.0278. The molecule has 0 N–H and O–H groups in total. The van der Waals surface area contributed by atoms with Gasteiger partial charge in [-0.05, 0) is 115 Å². The number of nitrogens with zero attached hydrogens (tertiary/aromatic N) is 1. The Bertz CT molecular complexity index is 1310. The van der Waals surface area contributed by atoms with E-state index >= 15 is 0 Å². The lowest BCUT2D eigenvalue weighted by molar-refractivity contribution is 0.564. The van der Waals surface area contributed by atoms with E-state index in [4.69, 9.17) is 0 Å². The largest absolute Gasteiger partial charge is 0.310 e. The van der Waals surface area contributed by atoms with Crippen molar-refractivity contribution in [3.63, 3.8) is 0 Å². The van der Waals surface area contributed by atoms with Gasteiger partial charge in [0.2, 0.25) is 0 Å². The molecule has 0 bridgehead atoms. The Morgan fingerprint density at radius 1 is 0.576 bits per heavy atom. The molecule has 0 saturated heterocycles. The van der Waals surface area contributed by atoms with Crippen molar-refractivity contribution in [1.29, 1.82) is 0 Å². The standard InChI is InChI=1S/C32H33N/c1-7-32(6)30-11-9-8-10-28(30)29-17-16-27(20-31(29)32)33(25-14-12-21(2)23(4)18-25)26-15-13-22(3)24(5)19-26/h8-20H,7H2,1-6H3. The number of benzene rings is 4. The quantitative estimate of drug-likeness (QED) is 0.311. The van der Waals surface area contributed by atoms with Crippen molar-refractivity contribution in [2.24, 2.45) is 0 Å². The van der Waals surface area contributed by atoms with Crippen LogP contribution in [0, 0.1) is 27.7 Å². The van der Waals surface area contributed by atoms with Crippen LogP contribution in [0.25, 0.3) is 11.1 Å². The summed E-state index contributed by atoms with van der Waals surface area (Å²) in [4.78, 5) is 2.41. The van der Waals surface area contributed by atoms with Gasteiger partial charge in [0.1, 0.15) is 0 Å². The van der Waals surface area contributed by atoms with Crippen molar-refractivity contribution in [3.05, 3.63) is 112 Å². The minimum Gasteiger partial charge on any atom is -0.310 e. The molecule has 0 saturated carbocycles. The van der Waals surface area contributed by atoms with Crippen LogP contribution < -0.4 is 4.90 Å². The monoisotopic (exact) mass is 431 g/mol. The highest BCUT2D eigenvalue weighted by Crippen LogP contribution is 2.52. The molecule has 5 rings (SSSR count). The molecule has 1 aliphatic carbocycles. The number of aryl methyl sites for hydroxylation is 4. The molecule has 1 atom stereocenters. The Kier molecular flexibility index (Phi) is 5.16. The minimum absolute atomic E-state index is 0.0278. The lowest BCUT2D eigenvalue weighted by Gasteiger charge is -2.30.